The Labute approximate surface area is 168 Å². The van der Waals surface area contributed by atoms with Gasteiger partial charge in [-0.25, -0.2) is 8.91 Å². The zero-order chi connectivity index (χ0) is 20.4. The van der Waals surface area contributed by atoms with Gasteiger partial charge in [-0.2, -0.15) is 5.10 Å². The number of nitrogens with zero attached hydrogens (tertiary/aromatic N) is 2. The Balaban J connectivity index is 1.64. The van der Waals surface area contributed by atoms with Crippen molar-refractivity contribution in [2.75, 3.05) is 7.11 Å². The van der Waals surface area contributed by atoms with E-state index in [9.17, 15) is 14.3 Å². The normalized spacial score (nSPS) is 19.3. The molecule has 1 aliphatic rings. The highest BCUT2D eigenvalue weighted by Gasteiger charge is 2.26. The minimum Gasteiger partial charge on any atom is -0.494 e. The first kappa shape index (κ1) is 19.4. The van der Waals surface area contributed by atoms with E-state index in [1.54, 1.807) is 22.8 Å². The molecule has 1 saturated carbocycles. The molecule has 0 spiro atoms. The third-order valence-electron chi connectivity index (χ3n) is 5.51. The number of benzene rings is 1. The highest BCUT2D eigenvalue weighted by atomic mass is 19.1. The Morgan fingerprint density at radius 3 is 2.93 bits per heavy atom. The lowest BCUT2D eigenvalue weighted by Crippen LogP contribution is -2.45. The van der Waals surface area contributed by atoms with Gasteiger partial charge in [0.25, 0.3) is 5.91 Å². The van der Waals surface area contributed by atoms with Gasteiger partial charge in [-0.1, -0.05) is 18.9 Å². The van der Waals surface area contributed by atoms with E-state index in [1.807, 2.05) is 18.2 Å². The first-order chi connectivity index (χ1) is 14.1. The number of amides is 1. The second-order valence-electron chi connectivity index (χ2n) is 7.45. The maximum absolute atomic E-state index is 13.7. The van der Waals surface area contributed by atoms with Crippen LogP contribution in [0.1, 0.15) is 47.3 Å². The number of rotatable bonds is 5. The van der Waals surface area contributed by atoms with Gasteiger partial charge in [0.15, 0.2) is 11.6 Å². The number of aliphatic hydroxyl groups excluding tert-OH is 1. The Kier molecular flexibility index (Phi) is 5.49. The van der Waals surface area contributed by atoms with Gasteiger partial charge in [0.1, 0.15) is 5.69 Å². The smallest absolute Gasteiger partial charge is 0.270 e. The summed E-state index contributed by atoms with van der Waals surface area (Å²) in [7, 11) is 1.43. The fourth-order valence-electron chi connectivity index (χ4n) is 3.97. The van der Waals surface area contributed by atoms with E-state index in [0.717, 1.165) is 35.9 Å². The van der Waals surface area contributed by atoms with Crippen LogP contribution in [0, 0.1) is 5.82 Å². The maximum atomic E-state index is 13.7. The van der Waals surface area contributed by atoms with Crippen LogP contribution in [0.2, 0.25) is 0 Å². The van der Waals surface area contributed by atoms with Crippen LogP contribution in [0.25, 0.3) is 5.52 Å². The highest BCUT2D eigenvalue weighted by Crippen LogP contribution is 2.24. The molecular weight excluding hydrogens is 373 g/mol. The van der Waals surface area contributed by atoms with Crippen molar-refractivity contribution in [3.05, 3.63) is 65.2 Å². The molecule has 0 unspecified atom stereocenters. The average Bonchev–Trinajstić information content (AvgIpc) is 3.10. The summed E-state index contributed by atoms with van der Waals surface area (Å²) >= 11 is 0. The summed E-state index contributed by atoms with van der Waals surface area (Å²) in [5, 5.41) is 17.5. The molecule has 29 heavy (non-hydrogen) atoms. The van der Waals surface area contributed by atoms with Crippen molar-refractivity contribution in [2.45, 2.75) is 44.2 Å². The molecule has 2 heterocycles. The molecule has 1 aromatic carbocycles. The van der Waals surface area contributed by atoms with Crippen molar-refractivity contribution in [3.63, 3.8) is 0 Å². The van der Waals surface area contributed by atoms with Crippen LogP contribution in [0.4, 0.5) is 4.39 Å². The molecule has 2 atom stereocenters. The number of aromatic nitrogens is 2. The van der Waals surface area contributed by atoms with Crippen LogP contribution in [-0.2, 0) is 6.42 Å². The number of carbonyl (C=O) groups excluding carboxylic acids is 1. The lowest BCUT2D eigenvalue weighted by atomic mass is 9.92. The van der Waals surface area contributed by atoms with Gasteiger partial charge in [-0.3, -0.25) is 4.79 Å². The number of fused-ring (bicyclic) bond motifs is 1. The van der Waals surface area contributed by atoms with Crippen LogP contribution in [0.5, 0.6) is 5.75 Å². The number of methoxy groups -OCH3 is 1. The predicted molar refractivity (Wildman–Crippen MR) is 107 cm³/mol. The zero-order valence-electron chi connectivity index (χ0n) is 16.3. The summed E-state index contributed by atoms with van der Waals surface area (Å²) in [6.45, 7) is 0. The standard InChI is InChI=1S/C22H24FN3O3/c1-29-21-12-14(8-9-16(21)23)11-15-13-19(26-18(15)6-4-10-24-26)22(28)25-17-5-2-3-7-20(17)27/h4,6,8-10,12-13,17,20,27H,2-3,5,7,11H2,1H3,(H,25,28)/t17-,20-/m0/s1. The molecule has 1 fully saturated rings. The predicted octanol–water partition coefficient (Wildman–Crippen LogP) is 3.11. The van der Waals surface area contributed by atoms with Gasteiger partial charge in [-0.05, 0) is 60.7 Å². The van der Waals surface area contributed by atoms with Crippen LogP contribution >= 0.6 is 0 Å². The first-order valence-electron chi connectivity index (χ1n) is 9.84. The van der Waals surface area contributed by atoms with E-state index in [-0.39, 0.29) is 17.7 Å². The van der Waals surface area contributed by atoms with E-state index in [4.69, 9.17) is 4.74 Å². The highest BCUT2D eigenvalue weighted by molar-refractivity contribution is 5.94. The van der Waals surface area contributed by atoms with Crippen molar-refractivity contribution in [1.82, 2.24) is 14.9 Å². The summed E-state index contributed by atoms with van der Waals surface area (Å²) in [6, 6.07) is 10.0. The van der Waals surface area contributed by atoms with Gasteiger partial charge in [0.05, 0.1) is 24.8 Å². The number of aliphatic hydroxyl groups is 1. The lowest BCUT2D eigenvalue weighted by Gasteiger charge is -2.28. The summed E-state index contributed by atoms with van der Waals surface area (Å²) in [5.41, 5.74) is 3.00. The van der Waals surface area contributed by atoms with E-state index < -0.39 is 11.9 Å². The monoisotopic (exact) mass is 397 g/mol. The molecule has 2 aromatic heterocycles. The van der Waals surface area contributed by atoms with Gasteiger partial charge in [0.2, 0.25) is 0 Å². The fraction of sp³-hybridized carbons (Fsp3) is 0.364. The molecule has 6 nitrogen and oxygen atoms in total. The lowest BCUT2D eigenvalue weighted by molar-refractivity contribution is 0.0712. The Hall–Kier alpha value is -2.93. The van der Waals surface area contributed by atoms with Crippen molar-refractivity contribution in [3.8, 4) is 5.75 Å². The van der Waals surface area contributed by atoms with Crippen LogP contribution < -0.4 is 10.1 Å². The van der Waals surface area contributed by atoms with Gasteiger partial charge >= 0.3 is 0 Å². The molecule has 7 heteroatoms. The zero-order valence-corrected chi connectivity index (χ0v) is 16.3. The Bertz CT molecular complexity index is 1030. The summed E-state index contributed by atoms with van der Waals surface area (Å²) < 4.78 is 20.4. The molecule has 4 rings (SSSR count). The SMILES string of the molecule is COc1cc(Cc2cc(C(=O)N[C@H]3CCCC[C@@H]3O)n3ncccc23)ccc1F. The second kappa shape index (κ2) is 8.21. The molecule has 3 aromatic rings. The quantitative estimate of drug-likeness (QED) is 0.694. The van der Waals surface area contributed by atoms with E-state index in [1.165, 1.54) is 13.2 Å². The van der Waals surface area contributed by atoms with E-state index in [0.29, 0.717) is 18.5 Å². The van der Waals surface area contributed by atoms with Crippen molar-refractivity contribution < 1.29 is 19.0 Å². The first-order valence-corrected chi connectivity index (χ1v) is 9.84. The number of hydrogen-bond acceptors (Lipinski definition) is 4. The topological polar surface area (TPSA) is 75.9 Å². The van der Waals surface area contributed by atoms with Crippen molar-refractivity contribution >= 4 is 11.4 Å². The summed E-state index contributed by atoms with van der Waals surface area (Å²) in [4.78, 5) is 12.9. The molecule has 2 N–H and O–H groups in total. The molecule has 0 saturated heterocycles. The van der Waals surface area contributed by atoms with Gasteiger partial charge in [-0.15, -0.1) is 0 Å². The summed E-state index contributed by atoms with van der Waals surface area (Å²) in [6.07, 6.45) is 5.07. The molecule has 1 aliphatic carbocycles. The number of hydrogen-bond donors (Lipinski definition) is 2. The van der Waals surface area contributed by atoms with Crippen molar-refractivity contribution in [1.29, 1.82) is 0 Å². The fourth-order valence-corrected chi connectivity index (χ4v) is 3.97. The third kappa shape index (κ3) is 3.96. The molecule has 152 valence electrons. The largest absolute Gasteiger partial charge is 0.494 e. The number of nitrogens with one attached hydrogen (secondary N) is 1. The maximum Gasteiger partial charge on any atom is 0.270 e. The average molecular weight is 397 g/mol. The minimum absolute atomic E-state index is 0.188. The van der Waals surface area contributed by atoms with Gasteiger partial charge < -0.3 is 15.2 Å². The van der Waals surface area contributed by atoms with E-state index in [2.05, 4.69) is 10.4 Å². The van der Waals surface area contributed by atoms with Crippen LogP contribution in [-0.4, -0.2) is 39.9 Å². The second-order valence-corrected chi connectivity index (χ2v) is 7.45. The molecular formula is C22H24FN3O3. The molecule has 1 amide bonds. The molecule has 0 radical (unpaired) electrons. The number of carbonyl (C=O) groups is 1. The third-order valence-corrected chi connectivity index (χ3v) is 5.51. The van der Waals surface area contributed by atoms with E-state index >= 15 is 0 Å². The Morgan fingerprint density at radius 2 is 2.14 bits per heavy atom. The van der Waals surface area contributed by atoms with Gasteiger partial charge in [0, 0.05) is 6.20 Å². The van der Waals surface area contributed by atoms with Crippen LogP contribution in [0.15, 0.2) is 42.6 Å². The van der Waals surface area contributed by atoms with Crippen molar-refractivity contribution in [2.24, 2.45) is 0 Å². The molecule has 0 bridgehead atoms. The number of halogens is 1. The number of ether oxygens (including phenoxy) is 1. The molecule has 0 aliphatic heterocycles. The van der Waals surface area contributed by atoms with Crippen LogP contribution in [0.3, 0.4) is 0 Å². The minimum atomic E-state index is -0.516. The Morgan fingerprint density at radius 1 is 1.31 bits per heavy atom. The summed E-state index contributed by atoms with van der Waals surface area (Å²) in [5.74, 6) is -0.480.